The van der Waals surface area contributed by atoms with Gasteiger partial charge in [-0.2, -0.15) is 0 Å². The van der Waals surface area contributed by atoms with E-state index in [0.717, 1.165) is 17.8 Å². The zero-order valence-corrected chi connectivity index (χ0v) is 11.0. The molecule has 0 aliphatic rings. The predicted molar refractivity (Wildman–Crippen MR) is 73.9 cm³/mol. The quantitative estimate of drug-likeness (QED) is 0.517. The molecule has 6 nitrogen and oxygen atoms in total. The largest absolute Gasteiger partial charge is 0.478 e. The van der Waals surface area contributed by atoms with Gasteiger partial charge in [-0.3, -0.25) is 10.1 Å². The minimum Gasteiger partial charge on any atom is -0.478 e. The fourth-order valence-corrected chi connectivity index (χ4v) is 2.43. The molecule has 1 aromatic heterocycles. The van der Waals surface area contributed by atoms with Gasteiger partial charge in [0.1, 0.15) is 0 Å². The fourth-order valence-electron chi connectivity index (χ4n) is 1.53. The van der Waals surface area contributed by atoms with E-state index in [1.807, 2.05) is 30.3 Å². The Morgan fingerprint density at radius 1 is 1.35 bits per heavy atom. The molecular weight excluding hydrogens is 280 g/mol. The zero-order chi connectivity index (χ0) is 14.5. The van der Waals surface area contributed by atoms with E-state index in [2.05, 4.69) is 4.98 Å². The van der Waals surface area contributed by atoms with Crippen molar-refractivity contribution in [1.29, 1.82) is 0 Å². The van der Waals surface area contributed by atoms with Gasteiger partial charge in [0.2, 0.25) is 0 Å². The molecule has 0 aliphatic carbocycles. The lowest BCUT2D eigenvalue weighted by Gasteiger charge is -2.03. The minimum atomic E-state index is -1.24. The van der Waals surface area contributed by atoms with Crippen LogP contribution in [0, 0.1) is 10.1 Å². The predicted octanol–water partition coefficient (Wildman–Crippen LogP) is 2.98. The smallest absolute Gasteiger partial charge is 0.337 e. The van der Waals surface area contributed by atoms with Crippen LogP contribution in [0.15, 0.2) is 47.6 Å². The van der Waals surface area contributed by atoms with E-state index in [1.165, 1.54) is 11.8 Å². The van der Waals surface area contributed by atoms with Gasteiger partial charge >= 0.3 is 11.7 Å². The Hall–Kier alpha value is -2.41. The summed E-state index contributed by atoms with van der Waals surface area (Å²) in [7, 11) is 0. The third-order valence-corrected chi connectivity index (χ3v) is 3.56. The number of hydrogen-bond acceptors (Lipinski definition) is 5. The lowest BCUT2D eigenvalue weighted by atomic mass is 10.2. The number of hydrogen-bond donors (Lipinski definition) is 1. The standard InChI is InChI=1S/C13H10N2O4S/c16-13(17)10-6-11(15(18)19)12(14-7-10)20-8-9-4-2-1-3-5-9/h1-7H,8H2,(H,16,17). The Labute approximate surface area is 118 Å². The Balaban J connectivity index is 2.23. The molecule has 0 saturated heterocycles. The number of aromatic carboxylic acids is 1. The highest BCUT2D eigenvalue weighted by Crippen LogP contribution is 2.30. The van der Waals surface area contributed by atoms with Gasteiger partial charge in [0.05, 0.1) is 10.5 Å². The first-order chi connectivity index (χ1) is 9.58. The second-order valence-corrected chi connectivity index (χ2v) is 4.85. The highest BCUT2D eigenvalue weighted by atomic mass is 32.2. The van der Waals surface area contributed by atoms with Crippen LogP contribution >= 0.6 is 11.8 Å². The van der Waals surface area contributed by atoms with Gasteiger partial charge in [-0.05, 0) is 5.56 Å². The van der Waals surface area contributed by atoms with E-state index in [-0.39, 0.29) is 16.3 Å². The molecule has 0 saturated carbocycles. The lowest BCUT2D eigenvalue weighted by molar-refractivity contribution is -0.388. The van der Waals surface area contributed by atoms with Crippen LogP contribution in [0.4, 0.5) is 5.69 Å². The summed E-state index contributed by atoms with van der Waals surface area (Å²) in [5.74, 6) is -0.707. The molecule has 7 heteroatoms. The van der Waals surface area contributed by atoms with Crippen molar-refractivity contribution >= 4 is 23.4 Å². The molecule has 0 amide bonds. The van der Waals surface area contributed by atoms with Crippen LogP contribution in [-0.2, 0) is 5.75 Å². The SMILES string of the molecule is O=C(O)c1cnc(SCc2ccccc2)c([N+](=O)[O-])c1. The highest BCUT2D eigenvalue weighted by molar-refractivity contribution is 7.98. The average Bonchev–Trinajstić information content (AvgIpc) is 2.45. The number of carboxylic acid groups (broad SMARTS) is 1. The van der Waals surface area contributed by atoms with Gasteiger partial charge in [0.25, 0.3) is 0 Å². The summed E-state index contributed by atoms with van der Waals surface area (Å²) in [5.41, 5.74) is 0.530. The molecule has 0 unspecified atom stereocenters. The minimum absolute atomic E-state index is 0.194. The Morgan fingerprint density at radius 3 is 2.65 bits per heavy atom. The number of thioether (sulfide) groups is 1. The Morgan fingerprint density at radius 2 is 2.05 bits per heavy atom. The van der Waals surface area contributed by atoms with Crippen LogP contribution in [0.25, 0.3) is 0 Å². The summed E-state index contributed by atoms with van der Waals surface area (Å²) in [6.45, 7) is 0. The van der Waals surface area contributed by atoms with Crippen molar-refractivity contribution < 1.29 is 14.8 Å². The number of aromatic nitrogens is 1. The molecule has 20 heavy (non-hydrogen) atoms. The molecule has 0 spiro atoms. The van der Waals surface area contributed by atoms with Crippen molar-refractivity contribution in [3.63, 3.8) is 0 Å². The third-order valence-electron chi connectivity index (χ3n) is 2.49. The first kappa shape index (κ1) is 14.0. The Kier molecular flexibility index (Phi) is 4.31. The van der Waals surface area contributed by atoms with Gasteiger partial charge < -0.3 is 5.11 Å². The van der Waals surface area contributed by atoms with Crippen molar-refractivity contribution in [2.75, 3.05) is 0 Å². The fraction of sp³-hybridized carbons (Fsp3) is 0.0769. The van der Waals surface area contributed by atoms with E-state index in [0.29, 0.717) is 5.75 Å². The zero-order valence-electron chi connectivity index (χ0n) is 10.2. The first-order valence-corrected chi connectivity index (χ1v) is 6.61. The van der Waals surface area contributed by atoms with Crippen LogP contribution < -0.4 is 0 Å². The summed E-state index contributed by atoms with van der Waals surface area (Å²) in [6.07, 6.45) is 1.13. The van der Waals surface area contributed by atoms with Gasteiger partial charge in [0.15, 0.2) is 5.03 Å². The van der Waals surface area contributed by atoms with E-state index >= 15 is 0 Å². The molecule has 1 aromatic carbocycles. The summed E-state index contributed by atoms with van der Waals surface area (Å²) >= 11 is 1.20. The summed E-state index contributed by atoms with van der Waals surface area (Å²) in [6, 6.07) is 10.5. The van der Waals surface area contributed by atoms with Gasteiger partial charge in [-0.15, -0.1) is 0 Å². The summed E-state index contributed by atoms with van der Waals surface area (Å²) in [4.78, 5) is 25.0. The number of carboxylic acids is 1. The number of benzene rings is 1. The van der Waals surface area contributed by atoms with Crippen LogP contribution in [0.1, 0.15) is 15.9 Å². The molecular formula is C13H10N2O4S. The molecule has 0 radical (unpaired) electrons. The van der Waals surface area contributed by atoms with Crippen LogP contribution in [0.2, 0.25) is 0 Å². The topological polar surface area (TPSA) is 93.3 Å². The second-order valence-electron chi connectivity index (χ2n) is 3.88. The average molecular weight is 290 g/mol. The van der Waals surface area contributed by atoms with Crippen LogP contribution in [-0.4, -0.2) is 21.0 Å². The van der Waals surface area contributed by atoms with Gasteiger partial charge in [-0.25, -0.2) is 9.78 Å². The van der Waals surface area contributed by atoms with Crippen molar-refractivity contribution in [3.8, 4) is 0 Å². The summed E-state index contributed by atoms with van der Waals surface area (Å²) in [5, 5.41) is 20.0. The normalized spacial score (nSPS) is 10.2. The van der Waals surface area contributed by atoms with Crippen molar-refractivity contribution in [1.82, 2.24) is 4.98 Å². The van der Waals surface area contributed by atoms with Crippen molar-refractivity contribution in [2.24, 2.45) is 0 Å². The Bertz CT molecular complexity index is 646. The lowest BCUT2D eigenvalue weighted by Crippen LogP contribution is -2.01. The maximum Gasteiger partial charge on any atom is 0.337 e. The van der Waals surface area contributed by atoms with E-state index in [1.54, 1.807) is 0 Å². The van der Waals surface area contributed by atoms with E-state index < -0.39 is 10.9 Å². The number of carbonyl (C=O) groups is 1. The number of rotatable bonds is 5. The molecule has 0 bridgehead atoms. The van der Waals surface area contributed by atoms with Gasteiger partial charge in [0, 0.05) is 18.0 Å². The van der Waals surface area contributed by atoms with Crippen LogP contribution in [0.5, 0.6) is 0 Å². The molecule has 0 fully saturated rings. The third kappa shape index (κ3) is 3.33. The van der Waals surface area contributed by atoms with Crippen molar-refractivity contribution in [2.45, 2.75) is 10.8 Å². The maximum atomic E-state index is 11.0. The first-order valence-electron chi connectivity index (χ1n) is 5.62. The molecule has 102 valence electrons. The maximum absolute atomic E-state index is 11.0. The monoisotopic (exact) mass is 290 g/mol. The van der Waals surface area contributed by atoms with E-state index in [9.17, 15) is 14.9 Å². The molecule has 2 rings (SSSR count). The van der Waals surface area contributed by atoms with Crippen molar-refractivity contribution in [3.05, 3.63) is 63.8 Å². The molecule has 0 aliphatic heterocycles. The molecule has 1 N–H and O–H groups in total. The number of pyridine rings is 1. The molecule has 0 atom stereocenters. The van der Waals surface area contributed by atoms with E-state index in [4.69, 9.17) is 5.11 Å². The van der Waals surface area contributed by atoms with Crippen LogP contribution in [0.3, 0.4) is 0 Å². The molecule has 2 aromatic rings. The second kappa shape index (κ2) is 6.16. The van der Waals surface area contributed by atoms with Gasteiger partial charge in [-0.1, -0.05) is 42.1 Å². The number of nitro groups is 1. The molecule has 1 heterocycles. The highest BCUT2D eigenvalue weighted by Gasteiger charge is 2.19. The summed E-state index contributed by atoms with van der Waals surface area (Å²) < 4.78 is 0. The number of nitrogens with zero attached hydrogens (tertiary/aromatic N) is 2.